The van der Waals surface area contributed by atoms with Gasteiger partial charge in [0, 0.05) is 11.6 Å². The largest absolute Gasteiger partial charge is 0.496 e. The molecule has 0 amide bonds. The highest BCUT2D eigenvalue weighted by atomic mass is 16.6. The fourth-order valence-electron chi connectivity index (χ4n) is 2.70. The summed E-state index contributed by atoms with van der Waals surface area (Å²) in [6, 6.07) is 12.2. The highest BCUT2D eigenvalue weighted by Gasteiger charge is 2.28. The molecule has 2 aromatic carbocycles. The molecule has 146 valence electrons. The fraction of sp³-hybridized carbons (Fsp3) is 0.273. The molecule has 3 rings (SSSR count). The van der Waals surface area contributed by atoms with E-state index in [9.17, 15) is 9.59 Å². The van der Waals surface area contributed by atoms with Crippen molar-refractivity contribution in [3.05, 3.63) is 59.4 Å². The number of hydrogen-bond acceptors (Lipinski definition) is 6. The van der Waals surface area contributed by atoms with Gasteiger partial charge in [-0.15, -0.1) is 0 Å². The monoisotopic (exact) mass is 382 g/mol. The Bertz CT molecular complexity index is 936. The molecule has 0 saturated carbocycles. The Morgan fingerprint density at radius 2 is 1.89 bits per heavy atom. The van der Waals surface area contributed by atoms with Gasteiger partial charge >= 0.3 is 5.97 Å². The zero-order valence-electron chi connectivity index (χ0n) is 16.3. The molecule has 0 aliphatic carbocycles. The quantitative estimate of drug-likeness (QED) is 0.574. The summed E-state index contributed by atoms with van der Waals surface area (Å²) in [5.41, 5.74) is 0.597. The average molecular weight is 382 g/mol. The van der Waals surface area contributed by atoms with Crippen LogP contribution < -0.4 is 14.2 Å². The number of benzene rings is 2. The van der Waals surface area contributed by atoms with Gasteiger partial charge in [-0.05, 0) is 45.0 Å². The smallest absolute Gasteiger partial charge is 0.344 e. The average Bonchev–Trinajstić information content (AvgIpc) is 2.94. The number of carbonyl (C=O) groups is 2. The molecule has 0 radical (unpaired) electrons. The molecule has 0 spiro atoms. The first-order valence-corrected chi connectivity index (χ1v) is 8.83. The van der Waals surface area contributed by atoms with Crippen molar-refractivity contribution in [1.82, 2.24) is 0 Å². The van der Waals surface area contributed by atoms with Gasteiger partial charge in [0.25, 0.3) is 0 Å². The number of rotatable bonds is 5. The van der Waals surface area contributed by atoms with Crippen molar-refractivity contribution in [3.63, 3.8) is 0 Å². The molecule has 1 aliphatic rings. The van der Waals surface area contributed by atoms with Gasteiger partial charge in [0.1, 0.15) is 22.8 Å². The van der Waals surface area contributed by atoms with Gasteiger partial charge in [0.05, 0.1) is 12.7 Å². The van der Waals surface area contributed by atoms with Gasteiger partial charge in [-0.1, -0.05) is 18.2 Å². The van der Waals surface area contributed by atoms with E-state index in [4.69, 9.17) is 18.9 Å². The van der Waals surface area contributed by atoms with Crippen LogP contribution in [0.5, 0.6) is 17.2 Å². The minimum atomic E-state index is -0.577. The summed E-state index contributed by atoms with van der Waals surface area (Å²) in [7, 11) is 1.57. The molecule has 2 aromatic rings. The Hall–Kier alpha value is -3.28. The molecule has 0 unspecified atom stereocenters. The number of methoxy groups -OCH3 is 1. The summed E-state index contributed by atoms with van der Waals surface area (Å²) in [4.78, 5) is 24.4. The van der Waals surface area contributed by atoms with E-state index in [0.29, 0.717) is 22.8 Å². The number of fused-ring (bicyclic) bond motifs is 1. The first-order valence-electron chi connectivity index (χ1n) is 8.83. The van der Waals surface area contributed by atoms with Crippen LogP contribution in [0.4, 0.5) is 0 Å². The lowest BCUT2D eigenvalue weighted by Gasteiger charge is -2.19. The maximum Gasteiger partial charge on any atom is 0.344 e. The van der Waals surface area contributed by atoms with Gasteiger partial charge in [-0.2, -0.15) is 0 Å². The number of hydrogen-bond donors (Lipinski definition) is 0. The maximum atomic E-state index is 12.6. The van der Waals surface area contributed by atoms with E-state index in [1.165, 1.54) is 0 Å². The number of ketones is 1. The zero-order chi connectivity index (χ0) is 20.3. The highest BCUT2D eigenvalue weighted by Crippen LogP contribution is 2.35. The molecule has 6 heteroatoms. The first kappa shape index (κ1) is 19.5. The van der Waals surface area contributed by atoms with Crippen molar-refractivity contribution < 1.29 is 28.5 Å². The summed E-state index contributed by atoms with van der Waals surface area (Å²) in [6.45, 7) is 5.13. The van der Waals surface area contributed by atoms with Crippen molar-refractivity contribution in [2.45, 2.75) is 26.4 Å². The van der Waals surface area contributed by atoms with E-state index < -0.39 is 11.6 Å². The summed E-state index contributed by atoms with van der Waals surface area (Å²) in [6.07, 6.45) is 1.64. The minimum Gasteiger partial charge on any atom is -0.496 e. The van der Waals surface area contributed by atoms with Crippen LogP contribution in [-0.4, -0.2) is 31.1 Å². The molecule has 0 saturated heterocycles. The van der Waals surface area contributed by atoms with Crippen molar-refractivity contribution in [1.29, 1.82) is 0 Å². The van der Waals surface area contributed by atoms with Gasteiger partial charge in [-0.3, -0.25) is 4.79 Å². The second-order valence-corrected chi connectivity index (χ2v) is 7.21. The Balaban J connectivity index is 1.74. The third-order valence-corrected chi connectivity index (χ3v) is 3.84. The van der Waals surface area contributed by atoms with Gasteiger partial charge in [0.15, 0.2) is 12.4 Å². The van der Waals surface area contributed by atoms with Crippen LogP contribution in [0.15, 0.2) is 48.2 Å². The minimum absolute atomic E-state index is 0.198. The topological polar surface area (TPSA) is 71.1 Å². The summed E-state index contributed by atoms with van der Waals surface area (Å²) in [5, 5.41) is 0. The van der Waals surface area contributed by atoms with Crippen LogP contribution in [0.2, 0.25) is 0 Å². The van der Waals surface area contributed by atoms with Crippen LogP contribution >= 0.6 is 0 Å². The summed E-state index contributed by atoms with van der Waals surface area (Å²) < 4.78 is 21.7. The number of para-hydroxylation sites is 1. The summed E-state index contributed by atoms with van der Waals surface area (Å²) in [5.74, 6) is 0.942. The molecule has 28 heavy (non-hydrogen) atoms. The second kappa shape index (κ2) is 7.76. The molecule has 0 fully saturated rings. The SMILES string of the molecule is COc1ccccc1C=C1Oc2cc(OCC(=O)OC(C)(C)C)ccc2C1=O. The first-order chi connectivity index (χ1) is 13.3. The third kappa shape index (κ3) is 4.52. The zero-order valence-corrected chi connectivity index (χ0v) is 16.3. The standard InChI is InChI=1S/C22H22O6/c1-22(2,3)28-20(23)13-26-15-9-10-16-18(12-15)27-19(21(16)24)11-14-7-5-6-8-17(14)25-4/h5-12H,13H2,1-4H3. The highest BCUT2D eigenvalue weighted by molar-refractivity contribution is 6.14. The van der Waals surface area contributed by atoms with E-state index in [1.54, 1.807) is 52.2 Å². The molecular weight excluding hydrogens is 360 g/mol. The predicted molar refractivity (Wildman–Crippen MR) is 104 cm³/mol. The number of carbonyl (C=O) groups excluding carboxylic acids is 2. The van der Waals surface area contributed by atoms with Crippen molar-refractivity contribution in [2.24, 2.45) is 0 Å². The van der Waals surface area contributed by atoms with Gasteiger partial charge in [-0.25, -0.2) is 4.79 Å². The normalized spacial score (nSPS) is 14.4. The molecule has 0 N–H and O–H groups in total. The summed E-state index contributed by atoms with van der Waals surface area (Å²) >= 11 is 0. The Labute approximate surface area is 163 Å². The Morgan fingerprint density at radius 1 is 1.14 bits per heavy atom. The number of allylic oxidation sites excluding steroid dienone is 1. The van der Waals surface area contributed by atoms with Crippen molar-refractivity contribution in [2.75, 3.05) is 13.7 Å². The molecular formula is C22H22O6. The van der Waals surface area contributed by atoms with E-state index in [-0.39, 0.29) is 18.1 Å². The Morgan fingerprint density at radius 3 is 2.61 bits per heavy atom. The van der Waals surface area contributed by atoms with E-state index >= 15 is 0 Å². The molecule has 0 bridgehead atoms. The Kier molecular flexibility index (Phi) is 5.40. The van der Waals surface area contributed by atoms with Gasteiger partial charge < -0.3 is 18.9 Å². The van der Waals surface area contributed by atoms with Crippen molar-refractivity contribution >= 4 is 17.8 Å². The lowest BCUT2D eigenvalue weighted by molar-refractivity contribution is -0.157. The fourth-order valence-corrected chi connectivity index (χ4v) is 2.70. The lowest BCUT2D eigenvalue weighted by Crippen LogP contribution is -2.27. The molecule has 0 atom stereocenters. The van der Waals surface area contributed by atoms with Crippen LogP contribution in [0, 0.1) is 0 Å². The molecule has 1 aliphatic heterocycles. The van der Waals surface area contributed by atoms with Crippen molar-refractivity contribution in [3.8, 4) is 17.2 Å². The van der Waals surface area contributed by atoms with E-state index in [1.807, 2.05) is 24.3 Å². The number of ether oxygens (including phenoxy) is 4. The molecule has 0 aromatic heterocycles. The van der Waals surface area contributed by atoms with Crippen LogP contribution in [-0.2, 0) is 9.53 Å². The molecule has 6 nitrogen and oxygen atoms in total. The van der Waals surface area contributed by atoms with E-state index in [2.05, 4.69) is 0 Å². The number of Topliss-reactive ketones (excluding diaryl/α,β-unsaturated/α-hetero) is 1. The molecule has 1 heterocycles. The predicted octanol–water partition coefficient (Wildman–Crippen LogP) is 4.03. The third-order valence-electron chi connectivity index (χ3n) is 3.84. The van der Waals surface area contributed by atoms with Crippen LogP contribution in [0.25, 0.3) is 6.08 Å². The maximum absolute atomic E-state index is 12.6. The number of esters is 1. The van der Waals surface area contributed by atoms with Crippen LogP contribution in [0.1, 0.15) is 36.7 Å². The lowest BCUT2D eigenvalue weighted by atomic mass is 10.1. The van der Waals surface area contributed by atoms with Crippen LogP contribution in [0.3, 0.4) is 0 Å². The van der Waals surface area contributed by atoms with Gasteiger partial charge in [0.2, 0.25) is 5.78 Å². The second-order valence-electron chi connectivity index (χ2n) is 7.21. The van der Waals surface area contributed by atoms with E-state index in [0.717, 1.165) is 5.56 Å².